The molecule has 1 aliphatic heterocycles. The molecule has 0 radical (unpaired) electrons. The van der Waals surface area contributed by atoms with E-state index in [1.165, 1.54) is 23.1 Å². The van der Waals surface area contributed by atoms with Crippen LogP contribution >= 0.6 is 0 Å². The van der Waals surface area contributed by atoms with Gasteiger partial charge in [-0.2, -0.15) is 0 Å². The zero-order chi connectivity index (χ0) is 24.0. The lowest BCUT2D eigenvalue weighted by Gasteiger charge is -2.25. The Morgan fingerprint density at radius 1 is 1.15 bits per heavy atom. The van der Waals surface area contributed by atoms with Crippen LogP contribution in [0.4, 0.5) is 5.69 Å². The van der Waals surface area contributed by atoms with Crippen molar-refractivity contribution in [3.05, 3.63) is 75.3 Å². The van der Waals surface area contributed by atoms with Crippen LogP contribution in [0.2, 0.25) is 0 Å². The molecule has 1 amide bonds. The van der Waals surface area contributed by atoms with Crippen LogP contribution in [0.1, 0.15) is 24.1 Å². The third kappa shape index (κ3) is 5.18. The van der Waals surface area contributed by atoms with E-state index in [-0.39, 0.29) is 37.6 Å². The largest absolute Gasteiger partial charge is 0.507 e. The minimum Gasteiger partial charge on any atom is -0.507 e. The predicted octanol–water partition coefficient (Wildman–Crippen LogP) is 2.42. The number of rotatable bonds is 10. The summed E-state index contributed by atoms with van der Waals surface area (Å²) in [7, 11) is 0. The van der Waals surface area contributed by atoms with E-state index in [4.69, 9.17) is 14.6 Å². The summed E-state index contributed by atoms with van der Waals surface area (Å²) in [5, 5.41) is 31.2. The average Bonchev–Trinajstić information content (AvgIpc) is 3.07. The summed E-state index contributed by atoms with van der Waals surface area (Å²) >= 11 is 0. The van der Waals surface area contributed by atoms with Crippen LogP contribution in [-0.4, -0.2) is 64.7 Å². The van der Waals surface area contributed by atoms with Gasteiger partial charge in [0.1, 0.15) is 11.5 Å². The Morgan fingerprint density at radius 2 is 1.88 bits per heavy atom. The molecule has 3 rings (SSSR count). The van der Waals surface area contributed by atoms with Gasteiger partial charge < -0.3 is 24.6 Å². The maximum absolute atomic E-state index is 12.9. The molecule has 0 spiro atoms. The number of ether oxygens (including phenoxy) is 2. The Labute approximate surface area is 189 Å². The van der Waals surface area contributed by atoms with Crippen LogP contribution in [0, 0.1) is 10.1 Å². The van der Waals surface area contributed by atoms with Crippen molar-refractivity contribution in [2.45, 2.75) is 13.0 Å². The van der Waals surface area contributed by atoms with Gasteiger partial charge in [-0.05, 0) is 36.8 Å². The first-order chi connectivity index (χ1) is 15.9. The fourth-order valence-electron chi connectivity index (χ4n) is 3.63. The van der Waals surface area contributed by atoms with Gasteiger partial charge in [-0.3, -0.25) is 19.7 Å². The van der Waals surface area contributed by atoms with E-state index < -0.39 is 28.4 Å². The molecule has 0 aliphatic carbocycles. The number of Topliss-reactive ketones (excluding diaryl/α,β-unsaturated/α-hetero) is 1. The standard InChI is InChI=1S/C23H24N2O8/c1-2-33-18-8-6-15(7-9-18)21(27)19-20(16-4-3-5-17(14-16)25(30)31)24(23(29)22(19)28)10-12-32-13-11-26/h3-9,14,20,26-27H,2,10-13H2,1H3/b21-19-. The van der Waals surface area contributed by atoms with E-state index in [9.17, 15) is 24.8 Å². The number of nitro benzene ring substituents is 1. The predicted molar refractivity (Wildman–Crippen MR) is 118 cm³/mol. The average molecular weight is 456 g/mol. The summed E-state index contributed by atoms with van der Waals surface area (Å²) in [5.74, 6) is -1.58. The van der Waals surface area contributed by atoms with Crippen LogP contribution in [0.5, 0.6) is 5.75 Å². The minimum atomic E-state index is -1.05. The first kappa shape index (κ1) is 23.9. The van der Waals surface area contributed by atoms with Gasteiger partial charge >= 0.3 is 0 Å². The second kappa shape index (κ2) is 10.7. The Kier molecular flexibility index (Phi) is 7.75. The summed E-state index contributed by atoms with van der Waals surface area (Å²) in [6.45, 7) is 2.16. The molecule has 1 saturated heterocycles. The second-order valence-corrected chi connectivity index (χ2v) is 7.14. The first-order valence-electron chi connectivity index (χ1n) is 10.3. The number of non-ortho nitro benzene ring substituents is 1. The number of likely N-dealkylation sites (tertiary alicyclic amines) is 1. The van der Waals surface area contributed by atoms with Crippen LogP contribution in [0.25, 0.3) is 5.76 Å². The van der Waals surface area contributed by atoms with E-state index in [1.54, 1.807) is 30.3 Å². The molecule has 10 heteroatoms. The topological polar surface area (TPSA) is 139 Å². The molecule has 33 heavy (non-hydrogen) atoms. The van der Waals surface area contributed by atoms with Crippen LogP contribution in [-0.2, 0) is 14.3 Å². The van der Waals surface area contributed by atoms with E-state index in [0.717, 1.165) is 0 Å². The highest BCUT2D eigenvalue weighted by Gasteiger charge is 2.46. The van der Waals surface area contributed by atoms with Crippen molar-refractivity contribution >= 4 is 23.1 Å². The number of carbonyl (C=O) groups is 2. The van der Waals surface area contributed by atoms with Gasteiger partial charge in [0.05, 0.1) is 43.0 Å². The number of nitrogens with zero attached hydrogens (tertiary/aromatic N) is 2. The van der Waals surface area contributed by atoms with Gasteiger partial charge in [-0.15, -0.1) is 0 Å². The summed E-state index contributed by atoms with van der Waals surface area (Å²) < 4.78 is 10.6. The Hall–Kier alpha value is -3.76. The lowest BCUT2D eigenvalue weighted by Crippen LogP contribution is -2.33. The molecule has 1 fully saturated rings. The van der Waals surface area contributed by atoms with Gasteiger partial charge in [0.2, 0.25) is 0 Å². The Morgan fingerprint density at radius 3 is 2.52 bits per heavy atom. The van der Waals surface area contributed by atoms with Gasteiger partial charge in [0, 0.05) is 24.2 Å². The number of aliphatic hydroxyl groups is 2. The Balaban J connectivity index is 2.08. The van der Waals surface area contributed by atoms with Crippen molar-refractivity contribution in [1.29, 1.82) is 0 Å². The number of hydrogen-bond donors (Lipinski definition) is 2. The van der Waals surface area contributed by atoms with E-state index in [1.807, 2.05) is 6.92 Å². The molecule has 2 N–H and O–H groups in total. The quantitative estimate of drug-likeness (QED) is 0.139. The molecule has 1 heterocycles. The highest BCUT2D eigenvalue weighted by molar-refractivity contribution is 6.46. The highest BCUT2D eigenvalue weighted by Crippen LogP contribution is 2.40. The van der Waals surface area contributed by atoms with Crippen LogP contribution in [0.3, 0.4) is 0 Å². The van der Waals surface area contributed by atoms with Gasteiger partial charge in [-0.1, -0.05) is 12.1 Å². The minimum absolute atomic E-state index is 0.0159. The van der Waals surface area contributed by atoms with E-state index >= 15 is 0 Å². The zero-order valence-corrected chi connectivity index (χ0v) is 18.0. The molecule has 2 aromatic rings. The molecule has 1 atom stereocenters. The third-order valence-electron chi connectivity index (χ3n) is 5.09. The number of ketones is 1. The third-order valence-corrected chi connectivity index (χ3v) is 5.09. The smallest absolute Gasteiger partial charge is 0.295 e. The fraction of sp³-hybridized carbons (Fsp3) is 0.304. The van der Waals surface area contributed by atoms with Gasteiger partial charge in [0.25, 0.3) is 17.4 Å². The maximum atomic E-state index is 12.9. The number of hydrogen-bond acceptors (Lipinski definition) is 8. The maximum Gasteiger partial charge on any atom is 0.295 e. The number of carbonyl (C=O) groups excluding carboxylic acids is 2. The molecule has 2 aromatic carbocycles. The number of benzene rings is 2. The molecular formula is C23H24N2O8. The molecular weight excluding hydrogens is 432 g/mol. The van der Waals surface area contributed by atoms with Crippen molar-refractivity contribution < 1.29 is 34.2 Å². The summed E-state index contributed by atoms with van der Waals surface area (Å²) in [6, 6.07) is 10.9. The van der Waals surface area contributed by atoms with E-state index in [2.05, 4.69) is 0 Å². The second-order valence-electron chi connectivity index (χ2n) is 7.14. The molecule has 0 saturated carbocycles. The summed E-state index contributed by atoms with van der Waals surface area (Å²) in [5.41, 5.74) is 0.212. The number of aliphatic hydroxyl groups excluding tert-OH is 2. The molecule has 10 nitrogen and oxygen atoms in total. The molecule has 1 unspecified atom stereocenters. The van der Waals surface area contributed by atoms with Gasteiger partial charge in [0.15, 0.2) is 0 Å². The lowest BCUT2D eigenvalue weighted by atomic mass is 9.95. The normalized spacial score (nSPS) is 17.4. The Bertz CT molecular complexity index is 1060. The monoisotopic (exact) mass is 456 g/mol. The summed E-state index contributed by atoms with van der Waals surface area (Å²) in [6.07, 6.45) is 0. The zero-order valence-electron chi connectivity index (χ0n) is 18.0. The molecule has 1 aliphatic rings. The molecule has 174 valence electrons. The van der Waals surface area contributed by atoms with Crippen LogP contribution < -0.4 is 4.74 Å². The van der Waals surface area contributed by atoms with E-state index in [0.29, 0.717) is 23.5 Å². The van der Waals surface area contributed by atoms with Crippen molar-refractivity contribution in [3.63, 3.8) is 0 Å². The van der Waals surface area contributed by atoms with Gasteiger partial charge in [-0.25, -0.2) is 0 Å². The number of nitro groups is 1. The fourth-order valence-corrected chi connectivity index (χ4v) is 3.63. The van der Waals surface area contributed by atoms with Crippen LogP contribution in [0.15, 0.2) is 54.1 Å². The summed E-state index contributed by atoms with van der Waals surface area (Å²) in [4.78, 5) is 37.7. The highest BCUT2D eigenvalue weighted by atomic mass is 16.6. The SMILES string of the molecule is CCOc1ccc(/C(O)=C2/C(=O)C(=O)N(CCOCCO)C2c2cccc([N+](=O)[O-])c2)cc1. The first-order valence-corrected chi connectivity index (χ1v) is 10.3. The molecule has 0 bridgehead atoms. The molecule has 0 aromatic heterocycles. The van der Waals surface area contributed by atoms with Crippen molar-refractivity contribution in [2.75, 3.05) is 33.0 Å². The van der Waals surface area contributed by atoms with Crippen molar-refractivity contribution in [3.8, 4) is 5.75 Å². The number of amides is 1. The lowest BCUT2D eigenvalue weighted by molar-refractivity contribution is -0.384. The van der Waals surface area contributed by atoms with Crippen molar-refractivity contribution in [2.24, 2.45) is 0 Å². The van der Waals surface area contributed by atoms with Crippen molar-refractivity contribution in [1.82, 2.24) is 4.90 Å².